The van der Waals surface area contributed by atoms with Crippen molar-refractivity contribution in [3.63, 3.8) is 0 Å². The summed E-state index contributed by atoms with van der Waals surface area (Å²) >= 11 is 0. The summed E-state index contributed by atoms with van der Waals surface area (Å²) < 4.78 is 1.77. The highest BCUT2D eigenvalue weighted by molar-refractivity contribution is 5.71. The Balaban J connectivity index is 2.69. The Kier molecular flexibility index (Phi) is 3.79. The minimum Gasteiger partial charge on any atom is -0.291 e. The van der Waals surface area contributed by atoms with Crippen LogP contribution in [0.1, 0.15) is 11.3 Å². The molecule has 0 atom stereocenters. The average molecular weight is 288 g/mol. The number of hydrogen-bond donors (Lipinski definition) is 0. The van der Waals surface area contributed by atoms with Crippen LogP contribution in [0.15, 0.2) is 34.1 Å². The second-order valence-corrected chi connectivity index (χ2v) is 4.32. The van der Waals surface area contributed by atoms with Crippen LogP contribution < -0.4 is 11.2 Å². The van der Waals surface area contributed by atoms with Crippen molar-refractivity contribution < 1.29 is 4.92 Å². The van der Waals surface area contributed by atoms with E-state index in [4.69, 9.17) is 0 Å². The third-order valence-electron chi connectivity index (χ3n) is 2.99. The average Bonchev–Trinajstić information content (AvgIpc) is 2.48. The normalized spacial score (nSPS) is 11.0. The van der Waals surface area contributed by atoms with Crippen molar-refractivity contribution in [1.82, 2.24) is 14.1 Å². The molecular formula is C13H12N4O4. The van der Waals surface area contributed by atoms with Crippen LogP contribution in [-0.2, 0) is 14.1 Å². The van der Waals surface area contributed by atoms with Gasteiger partial charge in [-0.15, -0.1) is 0 Å². The van der Waals surface area contributed by atoms with Crippen LogP contribution in [0.4, 0.5) is 5.69 Å². The summed E-state index contributed by atoms with van der Waals surface area (Å²) in [4.78, 5) is 38.0. The van der Waals surface area contributed by atoms with Gasteiger partial charge in [0.1, 0.15) is 5.69 Å². The highest BCUT2D eigenvalue weighted by Crippen LogP contribution is 2.14. The number of nitro groups is 1. The molecule has 21 heavy (non-hydrogen) atoms. The Labute approximate surface area is 118 Å². The third-order valence-corrected chi connectivity index (χ3v) is 2.99. The van der Waals surface area contributed by atoms with E-state index in [0.717, 1.165) is 4.57 Å². The quantitative estimate of drug-likeness (QED) is 0.606. The minimum atomic E-state index is -0.936. The molecule has 2 heterocycles. The van der Waals surface area contributed by atoms with Crippen molar-refractivity contribution in [3.05, 3.63) is 66.7 Å². The first-order valence-electron chi connectivity index (χ1n) is 5.96. The van der Waals surface area contributed by atoms with Crippen molar-refractivity contribution in [1.29, 1.82) is 0 Å². The van der Waals surface area contributed by atoms with Crippen molar-refractivity contribution in [3.8, 4) is 0 Å². The molecule has 108 valence electrons. The third kappa shape index (κ3) is 2.64. The van der Waals surface area contributed by atoms with E-state index in [0.29, 0.717) is 10.1 Å². The SMILES string of the molecule is Cn1c(/C=C/c2cccnc2)c([N+](=O)[O-])c(=O)n(C)c1=O. The van der Waals surface area contributed by atoms with Gasteiger partial charge in [-0.25, -0.2) is 4.79 Å². The Hall–Kier alpha value is -3.03. The number of aromatic nitrogens is 3. The number of rotatable bonds is 3. The van der Waals surface area contributed by atoms with Crippen molar-refractivity contribution in [2.75, 3.05) is 0 Å². The van der Waals surface area contributed by atoms with Gasteiger partial charge in [-0.2, -0.15) is 0 Å². The predicted molar refractivity (Wildman–Crippen MR) is 76.7 cm³/mol. The Morgan fingerprint density at radius 3 is 2.52 bits per heavy atom. The maximum atomic E-state index is 11.9. The highest BCUT2D eigenvalue weighted by atomic mass is 16.6. The van der Waals surface area contributed by atoms with Crippen LogP contribution in [0.25, 0.3) is 12.2 Å². The Bertz CT molecular complexity index is 834. The molecule has 0 aliphatic rings. The van der Waals surface area contributed by atoms with E-state index >= 15 is 0 Å². The fourth-order valence-corrected chi connectivity index (χ4v) is 1.85. The zero-order valence-electron chi connectivity index (χ0n) is 11.4. The predicted octanol–water partition coefficient (Wildman–Crippen LogP) is 0.558. The van der Waals surface area contributed by atoms with Gasteiger partial charge in [0, 0.05) is 26.5 Å². The van der Waals surface area contributed by atoms with Gasteiger partial charge < -0.3 is 0 Å². The maximum Gasteiger partial charge on any atom is 0.357 e. The molecule has 2 aromatic rings. The lowest BCUT2D eigenvalue weighted by molar-refractivity contribution is -0.387. The lowest BCUT2D eigenvalue weighted by Gasteiger charge is -2.06. The largest absolute Gasteiger partial charge is 0.357 e. The maximum absolute atomic E-state index is 11.9. The zero-order chi connectivity index (χ0) is 15.6. The van der Waals surface area contributed by atoms with Gasteiger partial charge >= 0.3 is 16.9 Å². The molecule has 0 amide bonds. The van der Waals surface area contributed by atoms with Crippen LogP contribution in [0.3, 0.4) is 0 Å². The van der Waals surface area contributed by atoms with Crippen LogP contribution in [0, 0.1) is 10.1 Å². The van der Waals surface area contributed by atoms with Gasteiger partial charge in [-0.05, 0) is 17.7 Å². The number of pyridine rings is 1. The fourth-order valence-electron chi connectivity index (χ4n) is 1.85. The monoisotopic (exact) mass is 288 g/mol. The van der Waals surface area contributed by atoms with Crippen molar-refractivity contribution in [2.45, 2.75) is 0 Å². The fraction of sp³-hybridized carbons (Fsp3) is 0.154. The van der Waals surface area contributed by atoms with E-state index in [1.165, 1.54) is 20.2 Å². The van der Waals surface area contributed by atoms with E-state index in [1.54, 1.807) is 30.6 Å². The smallest absolute Gasteiger partial charge is 0.291 e. The summed E-state index contributed by atoms with van der Waals surface area (Å²) in [5.41, 5.74) is -1.57. The Morgan fingerprint density at radius 1 is 1.24 bits per heavy atom. The van der Waals surface area contributed by atoms with E-state index in [9.17, 15) is 19.7 Å². The molecule has 0 saturated carbocycles. The molecule has 8 nitrogen and oxygen atoms in total. The molecule has 0 fully saturated rings. The van der Waals surface area contributed by atoms with Crippen molar-refractivity contribution >= 4 is 17.8 Å². The van der Waals surface area contributed by atoms with Gasteiger partial charge in [-0.3, -0.25) is 29.0 Å². The van der Waals surface area contributed by atoms with E-state index in [-0.39, 0.29) is 5.69 Å². The lowest BCUT2D eigenvalue weighted by Crippen LogP contribution is -2.39. The molecule has 0 radical (unpaired) electrons. The summed E-state index contributed by atoms with van der Waals surface area (Å²) in [6.45, 7) is 0. The first kappa shape index (κ1) is 14.4. The minimum absolute atomic E-state index is 0.0584. The summed E-state index contributed by atoms with van der Waals surface area (Å²) in [6, 6.07) is 3.45. The molecule has 0 aromatic carbocycles. The topological polar surface area (TPSA) is 100 Å². The van der Waals surface area contributed by atoms with Gasteiger partial charge in [0.2, 0.25) is 0 Å². The van der Waals surface area contributed by atoms with Gasteiger partial charge in [0.25, 0.3) is 0 Å². The van der Waals surface area contributed by atoms with Crippen LogP contribution >= 0.6 is 0 Å². The molecule has 8 heteroatoms. The second-order valence-electron chi connectivity index (χ2n) is 4.32. The number of hydrogen-bond acceptors (Lipinski definition) is 5. The standard InChI is InChI=1S/C13H12N4O4/c1-15-10(6-5-9-4-3-7-14-8-9)11(17(20)21)12(18)16(2)13(15)19/h3-8H,1-2H3/b6-5+. The van der Waals surface area contributed by atoms with E-state index in [2.05, 4.69) is 4.98 Å². The lowest BCUT2D eigenvalue weighted by atomic mass is 10.2. The van der Waals surface area contributed by atoms with Crippen molar-refractivity contribution in [2.24, 2.45) is 14.1 Å². The summed E-state index contributed by atoms with van der Waals surface area (Å²) in [7, 11) is 2.57. The van der Waals surface area contributed by atoms with Gasteiger partial charge in [0.05, 0.1) is 4.92 Å². The molecule has 0 aliphatic carbocycles. The highest BCUT2D eigenvalue weighted by Gasteiger charge is 2.23. The molecule has 0 aliphatic heterocycles. The van der Waals surface area contributed by atoms with E-state index in [1.807, 2.05) is 0 Å². The first-order valence-corrected chi connectivity index (χ1v) is 5.96. The van der Waals surface area contributed by atoms with Crippen LogP contribution in [0.2, 0.25) is 0 Å². The molecule has 0 N–H and O–H groups in total. The van der Waals surface area contributed by atoms with Gasteiger partial charge in [0.15, 0.2) is 0 Å². The summed E-state index contributed by atoms with van der Waals surface area (Å²) in [5, 5.41) is 11.1. The molecular weight excluding hydrogens is 276 g/mol. The van der Waals surface area contributed by atoms with E-state index < -0.39 is 21.9 Å². The first-order chi connectivity index (χ1) is 9.93. The molecule has 0 bridgehead atoms. The Morgan fingerprint density at radius 2 is 1.95 bits per heavy atom. The molecule has 0 saturated heterocycles. The summed E-state index contributed by atoms with van der Waals surface area (Å²) in [6.07, 6.45) is 6.06. The molecule has 0 unspecified atom stereocenters. The second kappa shape index (κ2) is 5.53. The molecule has 2 aromatic heterocycles. The van der Waals surface area contributed by atoms with Crippen LogP contribution in [0.5, 0.6) is 0 Å². The molecule has 0 spiro atoms. The zero-order valence-corrected chi connectivity index (χ0v) is 11.4. The van der Waals surface area contributed by atoms with Crippen LogP contribution in [-0.4, -0.2) is 19.0 Å². The van der Waals surface area contributed by atoms with Gasteiger partial charge in [-0.1, -0.05) is 12.1 Å². The molecule has 2 rings (SSSR count). The number of nitrogens with zero attached hydrogens (tertiary/aromatic N) is 4. The summed E-state index contributed by atoms with van der Waals surface area (Å²) in [5.74, 6) is 0.